The zero-order chi connectivity index (χ0) is 9.14. The zero-order valence-electron chi connectivity index (χ0n) is 6.78. The van der Waals surface area contributed by atoms with Gasteiger partial charge in [-0.25, -0.2) is 8.42 Å². The lowest BCUT2D eigenvalue weighted by Crippen LogP contribution is -1.93. The standard InChI is InChI=1S/C8H11NO2S/c1-6-2-3-8(9)4-7(6)5-12(10)11/h2-4,12H,5,9H2,1H3. The van der Waals surface area contributed by atoms with Gasteiger partial charge in [0.2, 0.25) is 0 Å². The van der Waals surface area contributed by atoms with E-state index in [0.29, 0.717) is 5.69 Å². The fourth-order valence-electron chi connectivity index (χ4n) is 1.00. The van der Waals surface area contributed by atoms with Gasteiger partial charge in [-0.3, -0.25) is 0 Å². The van der Waals surface area contributed by atoms with Crippen molar-refractivity contribution in [2.75, 3.05) is 5.73 Å². The molecule has 0 aliphatic carbocycles. The number of hydrogen-bond acceptors (Lipinski definition) is 3. The van der Waals surface area contributed by atoms with E-state index >= 15 is 0 Å². The van der Waals surface area contributed by atoms with Crippen molar-refractivity contribution in [3.63, 3.8) is 0 Å². The minimum atomic E-state index is -2.36. The number of nitrogens with two attached hydrogens (primary N) is 1. The lowest BCUT2D eigenvalue weighted by molar-refractivity contribution is 0.614. The molecule has 2 N–H and O–H groups in total. The summed E-state index contributed by atoms with van der Waals surface area (Å²) >= 11 is 0. The maximum atomic E-state index is 10.4. The van der Waals surface area contributed by atoms with Crippen LogP contribution in [0.15, 0.2) is 18.2 Å². The van der Waals surface area contributed by atoms with Gasteiger partial charge < -0.3 is 5.73 Å². The smallest absolute Gasteiger partial charge is 0.144 e. The van der Waals surface area contributed by atoms with Gasteiger partial charge >= 0.3 is 0 Å². The maximum absolute atomic E-state index is 10.4. The summed E-state index contributed by atoms with van der Waals surface area (Å²) in [5.41, 5.74) is 7.86. The number of rotatable bonds is 2. The number of thiol groups is 1. The van der Waals surface area contributed by atoms with Gasteiger partial charge in [-0.2, -0.15) is 0 Å². The van der Waals surface area contributed by atoms with Crippen LogP contribution in [-0.4, -0.2) is 8.42 Å². The highest BCUT2D eigenvalue weighted by atomic mass is 32.2. The molecular weight excluding hydrogens is 174 g/mol. The molecular formula is C8H11NO2S. The summed E-state index contributed by atoms with van der Waals surface area (Å²) in [6, 6.07) is 5.28. The molecule has 0 radical (unpaired) electrons. The number of benzene rings is 1. The van der Waals surface area contributed by atoms with Crippen molar-refractivity contribution in [3.05, 3.63) is 29.3 Å². The SMILES string of the molecule is Cc1ccc(N)cc1C[SH](=O)=O. The first-order valence-electron chi connectivity index (χ1n) is 3.56. The van der Waals surface area contributed by atoms with Crippen molar-refractivity contribution in [2.24, 2.45) is 0 Å². The fraction of sp³-hybridized carbons (Fsp3) is 0.250. The summed E-state index contributed by atoms with van der Waals surface area (Å²) in [6.45, 7) is 1.87. The van der Waals surface area contributed by atoms with Crippen molar-refractivity contribution in [1.82, 2.24) is 0 Å². The third-order valence-corrected chi connectivity index (χ3v) is 2.27. The molecule has 0 amide bonds. The van der Waals surface area contributed by atoms with Gasteiger partial charge in [0, 0.05) is 5.69 Å². The second-order valence-electron chi connectivity index (χ2n) is 2.68. The molecule has 0 fully saturated rings. The molecule has 0 unspecified atom stereocenters. The van der Waals surface area contributed by atoms with Gasteiger partial charge in [0.25, 0.3) is 0 Å². The lowest BCUT2D eigenvalue weighted by atomic mass is 10.1. The van der Waals surface area contributed by atoms with Crippen molar-refractivity contribution >= 4 is 16.4 Å². The van der Waals surface area contributed by atoms with E-state index in [4.69, 9.17) is 5.73 Å². The maximum Gasteiger partial charge on any atom is 0.144 e. The van der Waals surface area contributed by atoms with Gasteiger partial charge in [0.05, 0.1) is 5.75 Å². The molecule has 0 spiro atoms. The van der Waals surface area contributed by atoms with Crippen LogP contribution < -0.4 is 5.73 Å². The van der Waals surface area contributed by atoms with E-state index < -0.39 is 10.7 Å². The second-order valence-corrected chi connectivity index (χ2v) is 3.66. The Morgan fingerprint density at radius 3 is 2.67 bits per heavy atom. The Bertz CT molecular complexity index is 350. The Hall–Kier alpha value is -1.03. The van der Waals surface area contributed by atoms with Gasteiger partial charge in [0.15, 0.2) is 0 Å². The van der Waals surface area contributed by atoms with Gasteiger partial charge in [0.1, 0.15) is 10.7 Å². The van der Waals surface area contributed by atoms with Crippen molar-refractivity contribution in [3.8, 4) is 0 Å². The van der Waals surface area contributed by atoms with Crippen LogP contribution in [0.5, 0.6) is 0 Å². The Labute approximate surface area is 73.2 Å². The molecule has 1 aromatic carbocycles. The van der Waals surface area contributed by atoms with Crippen LogP contribution in [0.4, 0.5) is 5.69 Å². The van der Waals surface area contributed by atoms with Crippen LogP contribution in [0.2, 0.25) is 0 Å². The van der Waals surface area contributed by atoms with E-state index in [1.54, 1.807) is 12.1 Å². The average molecular weight is 185 g/mol. The van der Waals surface area contributed by atoms with E-state index in [1.807, 2.05) is 13.0 Å². The first-order chi connectivity index (χ1) is 5.59. The Morgan fingerprint density at radius 2 is 2.08 bits per heavy atom. The van der Waals surface area contributed by atoms with E-state index in [-0.39, 0.29) is 5.75 Å². The first-order valence-corrected chi connectivity index (χ1v) is 4.92. The van der Waals surface area contributed by atoms with E-state index in [9.17, 15) is 8.42 Å². The molecule has 66 valence electrons. The molecule has 0 aliphatic heterocycles. The molecule has 1 rings (SSSR count). The minimum Gasteiger partial charge on any atom is -0.399 e. The van der Waals surface area contributed by atoms with Crippen LogP contribution in [0.3, 0.4) is 0 Å². The molecule has 3 nitrogen and oxygen atoms in total. The summed E-state index contributed by atoms with van der Waals surface area (Å²) in [6.07, 6.45) is 0. The zero-order valence-corrected chi connectivity index (χ0v) is 7.67. The van der Waals surface area contributed by atoms with Gasteiger partial charge in [-0.1, -0.05) is 6.07 Å². The van der Waals surface area contributed by atoms with Crippen LogP contribution in [0.25, 0.3) is 0 Å². The molecule has 1 aromatic rings. The van der Waals surface area contributed by atoms with Crippen LogP contribution >= 0.6 is 0 Å². The largest absolute Gasteiger partial charge is 0.399 e. The monoisotopic (exact) mass is 185 g/mol. The number of nitrogen functional groups attached to an aromatic ring is 1. The third-order valence-electron chi connectivity index (χ3n) is 1.67. The molecule has 4 heteroatoms. The topological polar surface area (TPSA) is 60.2 Å². The molecule has 0 bridgehead atoms. The molecule has 0 saturated heterocycles. The first kappa shape index (κ1) is 9.06. The molecule has 0 aromatic heterocycles. The van der Waals surface area contributed by atoms with Crippen molar-refractivity contribution in [2.45, 2.75) is 12.7 Å². The van der Waals surface area contributed by atoms with Crippen molar-refractivity contribution < 1.29 is 8.42 Å². The fourth-order valence-corrected chi connectivity index (χ4v) is 1.62. The number of hydrogen-bond donors (Lipinski definition) is 2. The Kier molecular flexibility index (Phi) is 2.70. The minimum absolute atomic E-state index is 0.0756. The quantitative estimate of drug-likeness (QED) is 0.526. The van der Waals surface area contributed by atoms with Crippen LogP contribution in [0, 0.1) is 6.92 Å². The highest BCUT2D eigenvalue weighted by Crippen LogP contribution is 2.12. The molecule has 0 aliphatic rings. The number of anilines is 1. The highest BCUT2D eigenvalue weighted by molar-refractivity contribution is 7.71. The Balaban J connectivity index is 3.05. The lowest BCUT2D eigenvalue weighted by Gasteiger charge is -2.01. The summed E-state index contributed by atoms with van der Waals surface area (Å²) < 4.78 is 20.9. The third kappa shape index (κ3) is 2.23. The Morgan fingerprint density at radius 1 is 1.42 bits per heavy atom. The summed E-state index contributed by atoms with van der Waals surface area (Å²) in [5, 5.41) is 0. The van der Waals surface area contributed by atoms with Crippen LogP contribution in [-0.2, 0) is 16.5 Å². The van der Waals surface area contributed by atoms with E-state index in [2.05, 4.69) is 0 Å². The molecule has 0 saturated carbocycles. The van der Waals surface area contributed by atoms with Crippen molar-refractivity contribution in [1.29, 1.82) is 0 Å². The normalized spacial score (nSPS) is 10.5. The predicted molar refractivity (Wildman–Crippen MR) is 49.6 cm³/mol. The molecule has 12 heavy (non-hydrogen) atoms. The van der Waals surface area contributed by atoms with E-state index in [1.165, 1.54) is 0 Å². The van der Waals surface area contributed by atoms with Crippen LogP contribution in [0.1, 0.15) is 11.1 Å². The predicted octanol–water partition coefficient (Wildman–Crippen LogP) is 0.689. The molecule has 0 atom stereocenters. The summed E-state index contributed by atoms with van der Waals surface area (Å²) in [5.74, 6) is 0.0756. The van der Waals surface area contributed by atoms with Gasteiger partial charge in [-0.15, -0.1) is 0 Å². The highest BCUT2D eigenvalue weighted by Gasteiger charge is 1.99. The van der Waals surface area contributed by atoms with E-state index in [0.717, 1.165) is 11.1 Å². The average Bonchev–Trinajstić information content (AvgIpc) is 1.96. The molecule has 0 heterocycles. The van der Waals surface area contributed by atoms with Gasteiger partial charge in [-0.05, 0) is 30.2 Å². The second kappa shape index (κ2) is 3.58. The number of aryl methyl sites for hydroxylation is 1. The summed E-state index contributed by atoms with van der Waals surface area (Å²) in [7, 11) is -2.36. The summed E-state index contributed by atoms with van der Waals surface area (Å²) in [4.78, 5) is 0.